The molecule has 0 heterocycles. The molecule has 0 bridgehead atoms. The van der Waals surface area contributed by atoms with Crippen LogP contribution in [0.4, 0.5) is 0 Å². The van der Waals surface area contributed by atoms with Gasteiger partial charge in [0.1, 0.15) is 0 Å². The fourth-order valence-electron chi connectivity index (χ4n) is 2.13. The van der Waals surface area contributed by atoms with Crippen molar-refractivity contribution in [1.29, 1.82) is 0 Å². The second kappa shape index (κ2) is 6.85. The molecular formula is C16H20N2O2S. The minimum Gasteiger partial charge on any atom is -0.326 e. The lowest BCUT2D eigenvalue weighted by Crippen LogP contribution is -2.28. The van der Waals surface area contributed by atoms with Crippen LogP contribution in [0.3, 0.4) is 0 Å². The van der Waals surface area contributed by atoms with Crippen LogP contribution < -0.4 is 10.5 Å². The maximum absolute atomic E-state index is 12.4. The zero-order valence-electron chi connectivity index (χ0n) is 12.0. The highest BCUT2D eigenvalue weighted by molar-refractivity contribution is 7.89. The lowest BCUT2D eigenvalue weighted by molar-refractivity contribution is 0.550. The third-order valence-electron chi connectivity index (χ3n) is 3.38. The van der Waals surface area contributed by atoms with Crippen molar-refractivity contribution in [3.63, 3.8) is 0 Å². The average Bonchev–Trinajstić information content (AvgIpc) is 2.53. The SMILES string of the molecule is CCC(NS(=O)(=O)c1ccc(CN)cc1)c1ccccc1. The van der Waals surface area contributed by atoms with E-state index in [-0.39, 0.29) is 10.9 Å². The molecule has 5 heteroatoms. The van der Waals surface area contributed by atoms with Gasteiger partial charge in [-0.2, -0.15) is 0 Å². The Morgan fingerprint density at radius 1 is 1.05 bits per heavy atom. The van der Waals surface area contributed by atoms with Gasteiger partial charge in [-0.05, 0) is 29.7 Å². The first kappa shape index (κ1) is 15.7. The van der Waals surface area contributed by atoms with Gasteiger partial charge in [0, 0.05) is 12.6 Å². The van der Waals surface area contributed by atoms with Crippen molar-refractivity contribution in [2.45, 2.75) is 30.8 Å². The fourth-order valence-corrected chi connectivity index (χ4v) is 3.44. The highest BCUT2D eigenvalue weighted by Crippen LogP contribution is 2.20. The Morgan fingerprint density at radius 3 is 2.19 bits per heavy atom. The minimum atomic E-state index is -3.54. The van der Waals surface area contributed by atoms with Gasteiger partial charge in [0.25, 0.3) is 0 Å². The maximum Gasteiger partial charge on any atom is 0.241 e. The second-order valence-corrected chi connectivity index (χ2v) is 6.55. The molecule has 0 radical (unpaired) electrons. The van der Waals surface area contributed by atoms with Gasteiger partial charge < -0.3 is 5.73 Å². The molecule has 0 fully saturated rings. The van der Waals surface area contributed by atoms with Crippen molar-refractivity contribution < 1.29 is 8.42 Å². The Hall–Kier alpha value is -1.69. The van der Waals surface area contributed by atoms with E-state index >= 15 is 0 Å². The predicted octanol–water partition coefficient (Wildman–Crippen LogP) is 2.57. The number of nitrogens with two attached hydrogens (primary N) is 1. The number of sulfonamides is 1. The molecule has 0 saturated heterocycles. The zero-order chi connectivity index (χ0) is 15.3. The third kappa shape index (κ3) is 3.91. The van der Waals surface area contributed by atoms with Crippen LogP contribution in [0.1, 0.15) is 30.5 Å². The Balaban J connectivity index is 2.22. The van der Waals surface area contributed by atoms with E-state index in [1.165, 1.54) is 0 Å². The summed E-state index contributed by atoms with van der Waals surface area (Å²) in [7, 11) is -3.54. The van der Waals surface area contributed by atoms with E-state index in [0.29, 0.717) is 13.0 Å². The lowest BCUT2D eigenvalue weighted by Gasteiger charge is -2.17. The maximum atomic E-state index is 12.4. The Labute approximate surface area is 126 Å². The van der Waals surface area contributed by atoms with Crippen LogP contribution in [-0.4, -0.2) is 8.42 Å². The second-order valence-electron chi connectivity index (χ2n) is 4.84. The van der Waals surface area contributed by atoms with Gasteiger partial charge in [-0.15, -0.1) is 0 Å². The molecule has 3 N–H and O–H groups in total. The Morgan fingerprint density at radius 2 is 1.67 bits per heavy atom. The van der Waals surface area contributed by atoms with Crippen LogP contribution in [0.2, 0.25) is 0 Å². The molecule has 2 aromatic carbocycles. The Bertz CT molecular complexity index is 667. The summed E-state index contributed by atoms with van der Waals surface area (Å²) in [4.78, 5) is 0.258. The van der Waals surface area contributed by atoms with E-state index in [0.717, 1.165) is 11.1 Å². The molecule has 2 aromatic rings. The molecule has 0 aliphatic heterocycles. The van der Waals surface area contributed by atoms with Gasteiger partial charge in [-0.25, -0.2) is 13.1 Å². The van der Waals surface area contributed by atoms with Crippen LogP contribution >= 0.6 is 0 Å². The van der Waals surface area contributed by atoms with E-state index in [2.05, 4.69) is 4.72 Å². The largest absolute Gasteiger partial charge is 0.326 e. The minimum absolute atomic E-state index is 0.231. The van der Waals surface area contributed by atoms with Crippen LogP contribution in [-0.2, 0) is 16.6 Å². The zero-order valence-corrected chi connectivity index (χ0v) is 12.8. The molecule has 1 unspecified atom stereocenters. The number of rotatable bonds is 6. The average molecular weight is 304 g/mol. The van der Waals surface area contributed by atoms with Gasteiger partial charge in [-0.3, -0.25) is 0 Å². The van der Waals surface area contributed by atoms with E-state index < -0.39 is 10.0 Å². The van der Waals surface area contributed by atoms with Crippen molar-refractivity contribution in [2.75, 3.05) is 0 Å². The summed E-state index contributed by atoms with van der Waals surface area (Å²) in [5.41, 5.74) is 7.39. The highest BCUT2D eigenvalue weighted by Gasteiger charge is 2.19. The molecule has 0 spiro atoms. The number of benzene rings is 2. The summed E-state index contributed by atoms with van der Waals surface area (Å²) in [5, 5.41) is 0. The summed E-state index contributed by atoms with van der Waals surface area (Å²) in [6.07, 6.45) is 0.685. The van der Waals surface area contributed by atoms with Crippen molar-refractivity contribution in [1.82, 2.24) is 4.72 Å². The monoisotopic (exact) mass is 304 g/mol. The molecule has 0 aliphatic carbocycles. The molecule has 0 saturated carbocycles. The molecule has 21 heavy (non-hydrogen) atoms. The molecule has 1 atom stereocenters. The van der Waals surface area contributed by atoms with Crippen LogP contribution in [0.25, 0.3) is 0 Å². The smallest absolute Gasteiger partial charge is 0.241 e. The van der Waals surface area contributed by atoms with Crippen molar-refractivity contribution in [2.24, 2.45) is 5.73 Å². The van der Waals surface area contributed by atoms with Crippen LogP contribution in [0, 0.1) is 0 Å². The quantitative estimate of drug-likeness (QED) is 0.861. The van der Waals surface area contributed by atoms with Gasteiger partial charge in [0.2, 0.25) is 10.0 Å². The number of nitrogens with one attached hydrogen (secondary N) is 1. The van der Waals surface area contributed by atoms with E-state index in [1.807, 2.05) is 37.3 Å². The summed E-state index contributed by atoms with van der Waals surface area (Å²) < 4.78 is 27.6. The van der Waals surface area contributed by atoms with Crippen LogP contribution in [0.5, 0.6) is 0 Å². The van der Waals surface area contributed by atoms with Gasteiger partial charge in [0.15, 0.2) is 0 Å². The molecule has 112 valence electrons. The first-order valence-corrected chi connectivity index (χ1v) is 8.41. The molecule has 0 aliphatic rings. The third-order valence-corrected chi connectivity index (χ3v) is 4.86. The van der Waals surface area contributed by atoms with Crippen molar-refractivity contribution >= 4 is 10.0 Å². The van der Waals surface area contributed by atoms with Gasteiger partial charge in [0.05, 0.1) is 4.90 Å². The fraction of sp³-hybridized carbons (Fsp3) is 0.250. The molecule has 4 nitrogen and oxygen atoms in total. The van der Waals surface area contributed by atoms with Crippen molar-refractivity contribution in [3.05, 3.63) is 65.7 Å². The Kier molecular flexibility index (Phi) is 5.12. The predicted molar refractivity (Wildman–Crippen MR) is 84.1 cm³/mol. The van der Waals surface area contributed by atoms with E-state index in [9.17, 15) is 8.42 Å². The highest BCUT2D eigenvalue weighted by atomic mass is 32.2. The van der Waals surface area contributed by atoms with Crippen molar-refractivity contribution in [3.8, 4) is 0 Å². The molecule has 0 amide bonds. The first-order valence-electron chi connectivity index (χ1n) is 6.93. The summed E-state index contributed by atoms with van der Waals surface area (Å²) >= 11 is 0. The first-order chi connectivity index (χ1) is 10.1. The standard InChI is InChI=1S/C16H20N2O2S/c1-2-16(14-6-4-3-5-7-14)18-21(19,20)15-10-8-13(12-17)9-11-15/h3-11,16,18H,2,12,17H2,1H3. The number of hydrogen-bond acceptors (Lipinski definition) is 3. The molecule has 0 aromatic heterocycles. The van der Waals surface area contributed by atoms with Gasteiger partial charge in [-0.1, -0.05) is 49.4 Å². The summed E-state index contributed by atoms with van der Waals surface area (Å²) in [6.45, 7) is 2.35. The topological polar surface area (TPSA) is 72.2 Å². The van der Waals surface area contributed by atoms with Crippen LogP contribution in [0.15, 0.2) is 59.5 Å². The van der Waals surface area contributed by atoms with E-state index in [4.69, 9.17) is 5.73 Å². The molecular weight excluding hydrogens is 284 g/mol. The molecule has 2 rings (SSSR count). The van der Waals surface area contributed by atoms with E-state index in [1.54, 1.807) is 24.3 Å². The number of hydrogen-bond donors (Lipinski definition) is 2. The summed E-state index contributed by atoms with van der Waals surface area (Å²) in [5.74, 6) is 0. The summed E-state index contributed by atoms with van der Waals surface area (Å²) in [6, 6.07) is 16.0. The van der Waals surface area contributed by atoms with Gasteiger partial charge >= 0.3 is 0 Å². The normalized spacial score (nSPS) is 13.0. The lowest BCUT2D eigenvalue weighted by atomic mass is 10.1.